The molecule has 1 aliphatic rings. The zero-order chi connectivity index (χ0) is 7.84. The average molecular weight is 187 g/mol. The Kier molecular flexibility index (Phi) is 1.69. The number of nitrogens with zero attached hydrogens (tertiary/aromatic N) is 1. The van der Waals surface area contributed by atoms with E-state index < -0.39 is 0 Å². The number of rotatable bonds is 0. The van der Waals surface area contributed by atoms with Gasteiger partial charge in [-0.05, 0) is 13.0 Å². The minimum atomic E-state index is 0.409. The second-order valence-corrected chi connectivity index (χ2v) is 4.12. The summed E-state index contributed by atoms with van der Waals surface area (Å²) in [7, 11) is 0. The summed E-state index contributed by atoms with van der Waals surface area (Å²) in [6.45, 7) is 2.10. The lowest BCUT2D eigenvalue weighted by Gasteiger charge is -2.00. The van der Waals surface area contributed by atoms with Crippen LogP contribution in [0, 0.1) is 0 Å². The normalized spacial score (nSPS) is 21.1. The lowest BCUT2D eigenvalue weighted by molar-refractivity contribution is 1.14. The Balaban J connectivity index is 2.49. The van der Waals surface area contributed by atoms with E-state index in [4.69, 9.17) is 11.6 Å². The fraction of sp³-hybridized carbons (Fsp3) is 0.286. The molecule has 0 aromatic carbocycles. The summed E-state index contributed by atoms with van der Waals surface area (Å²) in [6.07, 6.45) is 1.73. The first kappa shape index (κ1) is 7.25. The molecule has 0 saturated carbocycles. The van der Waals surface area contributed by atoms with Gasteiger partial charge >= 0.3 is 0 Å². The summed E-state index contributed by atoms with van der Waals surface area (Å²) >= 11 is 7.62. The third-order valence-corrected chi connectivity index (χ3v) is 2.87. The molecule has 2 heterocycles. The first-order chi connectivity index (χ1) is 5.27. The fourth-order valence-electron chi connectivity index (χ4n) is 1.07. The molecule has 0 amide bonds. The van der Waals surface area contributed by atoms with Crippen LogP contribution in [-0.2, 0) is 0 Å². The first-order valence-corrected chi connectivity index (χ1v) is 4.61. The molecule has 0 bridgehead atoms. The minimum absolute atomic E-state index is 0.409. The van der Waals surface area contributed by atoms with Crippen LogP contribution in [0.25, 0.3) is 0 Å². The first-order valence-electron chi connectivity index (χ1n) is 3.35. The van der Waals surface area contributed by atoms with Crippen molar-refractivity contribution in [2.75, 3.05) is 5.32 Å². The van der Waals surface area contributed by atoms with Gasteiger partial charge in [-0.1, -0.05) is 23.4 Å². The van der Waals surface area contributed by atoms with E-state index in [2.05, 4.69) is 17.2 Å². The molecule has 1 aromatic heterocycles. The molecular formula is C7H7ClN2S. The van der Waals surface area contributed by atoms with Crippen LogP contribution in [0.2, 0.25) is 5.15 Å². The molecule has 0 fully saturated rings. The molecule has 0 radical (unpaired) electrons. The molecular weight excluding hydrogens is 180 g/mol. The largest absolute Gasteiger partial charge is 0.370 e. The van der Waals surface area contributed by atoms with Gasteiger partial charge in [-0.15, -0.1) is 0 Å². The van der Waals surface area contributed by atoms with Gasteiger partial charge in [0.2, 0.25) is 0 Å². The van der Waals surface area contributed by atoms with E-state index in [9.17, 15) is 0 Å². The third kappa shape index (κ3) is 1.19. The van der Waals surface area contributed by atoms with Gasteiger partial charge in [-0.2, -0.15) is 0 Å². The smallest absolute Gasteiger partial charge is 0.153 e. The zero-order valence-corrected chi connectivity index (χ0v) is 7.54. The SMILES string of the molecule is CC1Nc2c(ccnc2Cl)S1. The lowest BCUT2D eigenvalue weighted by Crippen LogP contribution is -2.03. The second-order valence-electron chi connectivity index (χ2n) is 2.38. The molecule has 0 aliphatic carbocycles. The Morgan fingerprint density at radius 1 is 1.73 bits per heavy atom. The summed E-state index contributed by atoms with van der Waals surface area (Å²) in [5.74, 6) is 0. The van der Waals surface area contributed by atoms with Crippen molar-refractivity contribution in [3.63, 3.8) is 0 Å². The Morgan fingerprint density at radius 3 is 3.27 bits per heavy atom. The monoisotopic (exact) mass is 186 g/mol. The van der Waals surface area contributed by atoms with E-state index >= 15 is 0 Å². The van der Waals surface area contributed by atoms with Crippen molar-refractivity contribution in [1.82, 2.24) is 4.98 Å². The summed E-state index contributed by atoms with van der Waals surface area (Å²) in [5, 5.41) is 4.21. The van der Waals surface area contributed by atoms with Crippen LogP contribution < -0.4 is 5.32 Å². The molecule has 1 aromatic rings. The number of fused-ring (bicyclic) bond motifs is 1. The predicted molar refractivity (Wildman–Crippen MR) is 48.2 cm³/mol. The highest BCUT2D eigenvalue weighted by molar-refractivity contribution is 8.00. The van der Waals surface area contributed by atoms with Gasteiger partial charge in [0.15, 0.2) is 5.15 Å². The molecule has 2 rings (SSSR count). The van der Waals surface area contributed by atoms with Gasteiger partial charge in [-0.3, -0.25) is 0 Å². The second kappa shape index (κ2) is 2.57. The Morgan fingerprint density at radius 2 is 2.55 bits per heavy atom. The molecule has 1 N–H and O–H groups in total. The lowest BCUT2D eigenvalue weighted by atomic mass is 10.4. The van der Waals surface area contributed by atoms with Gasteiger partial charge in [0.05, 0.1) is 11.1 Å². The maximum Gasteiger partial charge on any atom is 0.153 e. The van der Waals surface area contributed by atoms with Crippen LogP contribution in [0.3, 0.4) is 0 Å². The van der Waals surface area contributed by atoms with Crippen LogP contribution in [0.4, 0.5) is 5.69 Å². The molecule has 4 heteroatoms. The van der Waals surface area contributed by atoms with E-state index in [-0.39, 0.29) is 0 Å². The number of nitrogens with one attached hydrogen (secondary N) is 1. The Bertz CT molecular complexity index is 290. The molecule has 0 spiro atoms. The van der Waals surface area contributed by atoms with Gasteiger partial charge in [0.1, 0.15) is 0 Å². The third-order valence-electron chi connectivity index (χ3n) is 1.52. The summed E-state index contributed by atoms with van der Waals surface area (Å²) < 4.78 is 0. The number of hydrogen-bond donors (Lipinski definition) is 1. The van der Waals surface area contributed by atoms with Crippen molar-refractivity contribution in [1.29, 1.82) is 0 Å². The van der Waals surface area contributed by atoms with E-state index in [1.54, 1.807) is 18.0 Å². The quantitative estimate of drug-likeness (QED) is 0.631. The topological polar surface area (TPSA) is 24.9 Å². The number of aromatic nitrogens is 1. The fourth-order valence-corrected chi connectivity index (χ4v) is 2.31. The van der Waals surface area contributed by atoms with Crippen molar-refractivity contribution in [3.05, 3.63) is 17.4 Å². The molecule has 2 nitrogen and oxygen atoms in total. The molecule has 0 saturated heterocycles. The summed E-state index contributed by atoms with van der Waals surface area (Å²) in [6, 6.07) is 1.97. The van der Waals surface area contributed by atoms with Crippen LogP contribution in [0.5, 0.6) is 0 Å². The van der Waals surface area contributed by atoms with Crippen LogP contribution in [0.15, 0.2) is 17.2 Å². The standard InChI is InChI=1S/C7H7ClN2S/c1-4-10-6-5(11-4)2-3-9-7(6)8/h2-4,10H,1H3. The maximum absolute atomic E-state index is 5.85. The highest BCUT2D eigenvalue weighted by Gasteiger charge is 2.19. The highest BCUT2D eigenvalue weighted by Crippen LogP contribution is 2.40. The van der Waals surface area contributed by atoms with E-state index in [1.807, 2.05) is 6.07 Å². The molecule has 11 heavy (non-hydrogen) atoms. The van der Waals surface area contributed by atoms with Crippen molar-refractivity contribution in [2.45, 2.75) is 17.2 Å². The van der Waals surface area contributed by atoms with Gasteiger partial charge < -0.3 is 5.32 Å². The molecule has 58 valence electrons. The average Bonchev–Trinajstić information content (AvgIpc) is 2.31. The van der Waals surface area contributed by atoms with Crippen molar-refractivity contribution >= 4 is 29.1 Å². The zero-order valence-electron chi connectivity index (χ0n) is 5.97. The maximum atomic E-state index is 5.85. The highest BCUT2D eigenvalue weighted by atomic mass is 35.5. The van der Waals surface area contributed by atoms with E-state index in [0.717, 1.165) is 5.69 Å². The van der Waals surface area contributed by atoms with Crippen LogP contribution >= 0.6 is 23.4 Å². The summed E-state index contributed by atoms with van der Waals surface area (Å²) in [5.41, 5.74) is 0.978. The number of anilines is 1. The van der Waals surface area contributed by atoms with E-state index in [0.29, 0.717) is 10.5 Å². The molecule has 1 unspecified atom stereocenters. The van der Waals surface area contributed by atoms with Crippen molar-refractivity contribution in [2.24, 2.45) is 0 Å². The van der Waals surface area contributed by atoms with Crippen molar-refractivity contribution < 1.29 is 0 Å². The van der Waals surface area contributed by atoms with Crippen LogP contribution in [-0.4, -0.2) is 10.4 Å². The number of thioether (sulfide) groups is 1. The minimum Gasteiger partial charge on any atom is -0.370 e. The molecule has 1 atom stereocenters. The molecule has 1 aliphatic heterocycles. The van der Waals surface area contributed by atoms with Gasteiger partial charge in [-0.25, -0.2) is 4.98 Å². The number of halogens is 1. The van der Waals surface area contributed by atoms with E-state index in [1.165, 1.54) is 4.90 Å². The van der Waals surface area contributed by atoms with Gasteiger partial charge in [0, 0.05) is 11.1 Å². The predicted octanol–water partition coefficient (Wildman–Crippen LogP) is 2.60. The van der Waals surface area contributed by atoms with Crippen LogP contribution in [0.1, 0.15) is 6.92 Å². The number of hydrogen-bond acceptors (Lipinski definition) is 3. The Hall–Kier alpha value is -0.410. The van der Waals surface area contributed by atoms with Crippen molar-refractivity contribution in [3.8, 4) is 0 Å². The summed E-state index contributed by atoms with van der Waals surface area (Å²) in [4.78, 5) is 5.17. The Labute approximate surface area is 74.4 Å². The number of pyridine rings is 1. The van der Waals surface area contributed by atoms with Gasteiger partial charge in [0.25, 0.3) is 0 Å².